The first-order chi connectivity index (χ1) is 3.81. The normalized spacial score (nSPS) is 12.4. The van der Waals surface area contributed by atoms with Crippen LogP contribution in [0.25, 0.3) is 0 Å². The number of aliphatic imine (C=N–C) groups is 2. The van der Waals surface area contributed by atoms with Crippen molar-refractivity contribution in [2.24, 2.45) is 9.98 Å². The summed E-state index contributed by atoms with van der Waals surface area (Å²) in [5, 5.41) is 8.56. The lowest BCUT2D eigenvalue weighted by molar-refractivity contribution is 0.406. The summed E-state index contributed by atoms with van der Waals surface area (Å²) >= 11 is 0. The van der Waals surface area contributed by atoms with Crippen LogP contribution in [0.3, 0.4) is 0 Å². The molecule has 0 radical (unpaired) electrons. The largest absolute Gasteiger partial charge is 0.493 e. The smallest absolute Gasteiger partial charge is 0.207 e. The molecule has 0 heterocycles. The second-order valence-electron chi connectivity index (χ2n) is 1.07. The van der Waals surface area contributed by atoms with Crippen LogP contribution in [0.5, 0.6) is 0 Å². The molecule has 1 N–H and O–H groups in total. The van der Waals surface area contributed by atoms with Gasteiger partial charge >= 0.3 is 0 Å². The van der Waals surface area contributed by atoms with E-state index in [4.69, 9.17) is 5.11 Å². The standard InChI is InChI=1S/C5H8N2O/c1-3-5(8)7-4-6-2/h3-4,8H,2H2,1H3/b5-3+,7-4-. The third kappa shape index (κ3) is 3.08. The Kier molecular flexibility index (Phi) is 3.48. The molecular weight excluding hydrogens is 104 g/mol. The first kappa shape index (κ1) is 6.88. The molecule has 0 unspecified atom stereocenters. The van der Waals surface area contributed by atoms with Gasteiger partial charge in [-0.25, -0.2) is 4.99 Å². The second-order valence-corrected chi connectivity index (χ2v) is 1.07. The van der Waals surface area contributed by atoms with Crippen LogP contribution in [0.2, 0.25) is 0 Å². The van der Waals surface area contributed by atoms with E-state index in [-0.39, 0.29) is 5.88 Å². The van der Waals surface area contributed by atoms with Gasteiger partial charge in [0.2, 0.25) is 5.88 Å². The first-order valence-electron chi connectivity index (χ1n) is 2.15. The molecule has 0 bridgehead atoms. The lowest BCUT2D eigenvalue weighted by atomic mass is 10.7. The summed E-state index contributed by atoms with van der Waals surface area (Å²) in [6.07, 6.45) is 2.64. The fraction of sp³-hybridized carbons (Fsp3) is 0.200. The van der Waals surface area contributed by atoms with Crippen molar-refractivity contribution in [1.82, 2.24) is 0 Å². The van der Waals surface area contributed by atoms with Crippen LogP contribution < -0.4 is 0 Å². The highest BCUT2D eigenvalue weighted by atomic mass is 16.3. The van der Waals surface area contributed by atoms with Crippen LogP contribution >= 0.6 is 0 Å². The number of hydrogen-bond donors (Lipinski definition) is 1. The van der Waals surface area contributed by atoms with Gasteiger partial charge in [-0.3, -0.25) is 4.99 Å². The van der Waals surface area contributed by atoms with Crippen LogP contribution in [0.4, 0.5) is 0 Å². The maximum Gasteiger partial charge on any atom is 0.207 e. The van der Waals surface area contributed by atoms with Gasteiger partial charge in [-0.15, -0.1) is 0 Å². The van der Waals surface area contributed by atoms with Gasteiger partial charge in [-0.05, 0) is 19.7 Å². The molecule has 0 rings (SSSR count). The predicted octanol–water partition coefficient (Wildman–Crippen LogP) is 1.13. The van der Waals surface area contributed by atoms with Crippen molar-refractivity contribution in [1.29, 1.82) is 0 Å². The monoisotopic (exact) mass is 112 g/mol. The molecule has 3 nitrogen and oxygen atoms in total. The van der Waals surface area contributed by atoms with Gasteiger partial charge in [-0.1, -0.05) is 0 Å². The number of rotatable bonds is 2. The number of nitrogens with zero attached hydrogens (tertiary/aromatic N) is 2. The molecule has 0 atom stereocenters. The molecule has 0 saturated carbocycles. The van der Waals surface area contributed by atoms with E-state index in [9.17, 15) is 0 Å². The average molecular weight is 112 g/mol. The molecule has 0 aromatic carbocycles. The zero-order valence-electron chi connectivity index (χ0n) is 4.70. The summed E-state index contributed by atoms with van der Waals surface area (Å²) in [5.41, 5.74) is 0. The first-order valence-corrected chi connectivity index (χ1v) is 2.15. The van der Waals surface area contributed by atoms with Crippen LogP contribution in [0.15, 0.2) is 21.9 Å². The van der Waals surface area contributed by atoms with Crippen LogP contribution in [0, 0.1) is 0 Å². The Balaban J connectivity index is 3.69. The van der Waals surface area contributed by atoms with Gasteiger partial charge in [0.1, 0.15) is 6.34 Å². The molecule has 3 heteroatoms. The maximum absolute atomic E-state index is 8.56. The highest BCUT2D eigenvalue weighted by Crippen LogP contribution is 1.85. The van der Waals surface area contributed by atoms with Crippen molar-refractivity contribution < 1.29 is 5.11 Å². The summed E-state index contributed by atoms with van der Waals surface area (Å²) < 4.78 is 0. The average Bonchev–Trinajstić information content (AvgIpc) is 1.83. The summed E-state index contributed by atoms with van der Waals surface area (Å²) in [4.78, 5) is 6.70. The molecule has 0 aliphatic rings. The Labute approximate surface area is 48.1 Å². The van der Waals surface area contributed by atoms with E-state index in [1.165, 1.54) is 12.4 Å². The van der Waals surface area contributed by atoms with Crippen molar-refractivity contribution in [3.8, 4) is 0 Å². The zero-order valence-corrected chi connectivity index (χ0v) is 4.70. The SMILES string of the molecule is C=N/C=N\C(O)=C/C. The highest BCUT2D eigenvalue weighted by molar-refractivity contribution is 5.62. The zero-order chi connectivity index (χ0) is 6.41. The van der Waals surface area contributed by atoms with Gasteiger partial charge in [-0.2, -0.15) is 0 Å². The molecule has 0 aromatic rings. The molecule has 0 spiro atoms. The Bertz CT molecular complexity index is 126. The highest BCUT2D eigenvalue weighted by Gasteiger charge is 1.75. The van der Waals surface area contributed by atoms with Gasteiger partial charge in [0.25, 0.3) is 0 Å². The number of hydrogen-bond acceptors (Lipinski definition) is 2. The van der Waals surface area contributed by atoms with E-state index in [1.807, 2.05) is 0 Å². The number of aliphatic hydroxyl groups is 1. The van der Waals surface area contributed by atoms with E-state index in [1.54, 1.807) is 6.92 Å². The Morgan fingerprint density at radius 2 is 2.38 bits per heavy atom. The third-order valence-electron chi connectivity index (χ3n) is 0.530. The molecule has 0 aromatic heterocycles. The fourth-order valence-corrected chi connectivity index (χ4v) is 0.175. The predicted molar refractivity (Wildman–Crippen MR) is 34.4 cm³/mol. The molecule has 8 heavy (non-hydrogen) atoms. The topological polar surface area (TPSA) is 45.0 Å². The summed E-state index contributed by atoms with van der Waals surface area (Å²) in [5.74, 6) is -0.0441. The van der Waals surface area contributed by atoms with Gasteiger partial charge in [0.15, 0.2) is 0 Å². The number of allylic oxidation sites excluding steroid dienone is 1. The Morgan fingerprint density at radius 3 is 2.75 bits per heavy atom. The Hall–Kier alpha value is -1.12. The minimum absolute atomic E-state index is 0.0441. The summed E-state index contributed by atoms with van der Waals surface area (Å²) in [6.45, 7) is 4.81. The molecule has 0 saturated heterocycles. The van der Waals surface area contributed by atoms with Crippen molar-refractivity contribution >= 4 is 13.1 Å². The Morgan fingerprint density at radius 1 is 1.75 bits per heavy atom. The quantitative estimate of drug-likeness (QED) is 0.325. The third-order valence-corrected chi connectivity index (χ3v) is 0.530. The van der Waals surface area contributed by atoms with Crippen LogP contribution in [-0.2, 0) is 0 Å². The van der Waals surface area contributed by atoms with E-state index in [2.05, 4.69) is 16.7 Å². The van der Waals surface area contributed by atoms with Crippen LogP contribution in [-0.4, -0.2) is 18.2 Å². The van der Waals surface area contributed by atoms with Crippen molar-refractivity contribution in [2.75, 3.05) is 0 Å². The van der Waals surface area contributed by atoms with Crippen LogP contribution in [0.1, 0.15) is 6.92 Å². The molecule has 0 aliphatic carbocycles. The van der Waals surface area contributed by atoms with Crippen molar-refractivity contribution in [3.63, 3.8) is 0 Å². The minimum Gasteiger partial charge on any atom is -0.493 e. The van der Waals surface area contributed by atoms with Crippen molar-refractivity contribution in [2.45, 2.75) is 6.92 Å². The van der Waals surface area contributed by atoms with Gasteiger partial charge in [0.05, 0.1) is 0 Å². The van der Waals surface area contributed by atoms with Crippen molar-refractivity contribution in [3.05, 3.63) is 12.0 Å². The molecule has 44 valence electrons. The van der Waals surface area contributed by atoms with E-state index in [0.29, 0.717) is 0 Å². The molecule has 0 fully saturated rings. The lowest BCUT2D eigenvalue weighted by Crippen LogP contribution is -1.71. The van der Waals surface area contributed by atoms with E-state index < -0.39 is 0 Å². The van der Waals surface area contributed by atoms with E-state index in [0.717, 1.165) is 0 Å². The number of aliphatic hydroxyl groups excluding tert-OH is 1. The second kappa shape index (κ2) is 4.05. The van der Waals surface area contributed by atoms with E-state index >= 15 is 0 Å². The van der Waals surface area contributed by atoms with Gasteiger partial charge < -0.3 is 5.11 Å². The summed E-state index contributed by atoms with van der Waals surface area (Å²) in [7, 11) is 0. The summed E-state index contributed by atoms with van der Waals surface area (Å²) in [6, 6.07) is 0. The fourth-order valence-electron chi connectivity index (χ4n) is 0.175. The maximum atomic E-state index is 8.56. The van der Waals surface area contributed by atoms with Gasteiger partial charge in [0, 0.05) is 0 Å². The lowest BCUT2D eigenvalue weighted by Gasteiger charge is -1.81. The molecule has 0 aliphatic heterocycles. The minimum atomic E-state index is -0.0441. The molecular formula is C5H8N2O. The molecule has 0 amide bonds.